The number of hydrogen-bond donors (Lipinski definition) is 0. The molecule has 4 nitrogen and oxygen atoms in total. The Morgan fingerprint density at radius 1 is 1.09 bits per heavy atom. The third-order valence-electron chi connectivity index (χ3n) is 4.02. The Morgan fingerprint density at radius 2 is 1.86 bits per heavy atom. The fourth-order valence-corrected chi connectivity index (χ4v) is 4.00. The minimum atomic E-state index is 0.759. The van der Waals surface area contributed by atoms with Gasteiger partial charge in [-0.15, -0.1) is 11.3 Å². The Bertz CT molecular complexity index is 794. The number of rotatable bonds is 2. The molecule has 3 heterocycles. The smallest absolute Gasteiger partial charge is 0.141 e. The lowest BCUT2D eigenvalue weighted by molar-refractivity contribution is 0.122. The number of aromatic nitrogens is 2. The van der Waals surface area contributed by atoms with Gasteiger partial charge in [0.25, 0.3) is 0 Å². The van der Waals surface area contributed by atoms with Gasteiger partial charge in [0.1, 0.15) is 17.0 Å². The number of thiophene rings is 1. The highest BCUT2D eigenvalue weighted by molar-refractivity contribution is 7.19. The zero-order valence-electron chi connectivity index (χ0n) is 12.5. The Balaban J connectivity index is 1.94. The van der Waals surface area contributed by atoms with Gasteiger partial charge in [-0.2, -0.15) is 0 Å². The molecule has 5 heteroatoms. The topological polar surface area (TPSA) is 38.2 Å². The Morgan fingerprint density at radius 3 is 2.64 bits per heavy atom. The molecule has 1 fully saturated rings. The summed E-state index contributed by atoms with van der Waals surface area (Å²) < 4.78 is 5.47. The molecule has 0 amide bonds. The first kappa shape index (κ1) is 13.7. The van der Waals surface area contributed by atoms with E-state index in [1.54, 1.807) is 17.7 Å². The number of ether oxygens (including phenoxy) is 1. The van der Waals surface area contributed by atoms with E-state index in [2.05, 4.69) is 46.1 Å². The van der Waals surface area contributed by atoms with E-state index in [0.29, 0.717) is 0 Å². The van der Waals surface area contributed by atoms with Crippen LogP contribution < -0.4 is 4.90 Å². The summed E-state index contributed by atoms with van der Waals surface area (Å²) in [4.78, 5) is 13.8. The van der Waals surface area contributed by atoms with Crippen molar-refractivity contribution in [2.45, 2.75) is 6.92 Å². The summed E-state index contributed by atoms with van der Waals surface area (Å²) in [6.45, 7) is 5.45. The van der Waals surface area contributed by atoms with E-state index in [-0.39, 0.29) is 0 Å². The minimum absolute atomic E-state index is 0.759. The summed E-state index contributed by atoms with van der Waals surface area (Å²) in [6.07, 6.45) is 1.68. The summed E-state index contributed by atoms with van der Waals surface area (Å²) in [5, 5.41) is 1.18. The molecule has 1 saturated heterocycles. The summed E-state index contributed by atoms with van der Waals surface area (Å²) in [5.74, 6) is 1.04. The SMILES string of the molecule is Cc1sc2ncnc(N3CCOCC3)c2c1-c1ccccc1. The molecule has 0 atom stereocenters. The molecule has 0 spiro atoms. The summed E-state index contributed by atoms with van der Waals surface area (Å²) in [7, 11) is 0. The van der Waals surface area contributed by atoms with Gasteiger partial charge in [0.2, 0.25) is 0 Å². The number of nitrogens with zero attached hydrogens (tertiary/aromatic N) is 3. The summed E-state index contributed by atoms with van der Waals surface area (Å²) in [6, 6.07) is 10.5. The third-order valence-corrected chi connectivity index (χ3v) is 5.03. The number of morpholine rings is 1. The van der Waals surface area contributed by atoms with Crippen molar-refractivity contribution in [3.63, 3.8) is 0 Å². The third kappa shape index (κ3) is 2.26. The number of fused-ring (bicyclic) bond motifs is 1. The van der Waals surface area contributed by atoms with Gasteiger partial charge in [0.05, 0.1) is 18.6 Å². The Kier molecular flexibility index (Phi) is 3.52. The van der Waals surface area contributed by atoms with Crippen LogP contribution in [0.1, 0.15) is 4.88 Å². The van der Waals surface area contributed by atoms with Crippen LogP contribution in [0.4, 0.5) is 5.82 Å². The van der Waals surface area contributed by atoms with Gasteiger partial charge in [-0.25, -0.2) is 9.97 Å². The van der Waals surface area contributed by atoms with Crippen LogP contribution in [0.25, 0.3) is 21.3 Å². The lowest BCUT2D eigenvalue weighted by Gasteiger charge is -2.28. The van der Waals surface area contributed by atoms with E-state index in [9.17, 15) is 0 Å². The first-order valence-electron chi connectivity index (χ1n) is 7.47. The summed E-state index contributed by atoms with van der Waals surface area (Å²) in [5.41, 5.74) is 2.50. The van der Waals surface area contributed by atoms with E-state index >= 15 is 0 Å². The predicted octanol–water partition coefficient (Wildman–Crippen LogP) is 3.50. The van der Waals surface area contributed by atoms with E-state index in [0.717, 1.165) is 37.0 Å². The molecule has 3 aromatic rings. The van der Waals surface area contributed by atoms with Crippen LogP contribution in [0.15, 0.2) is 36.7 Å². The van der Waals surface area contributed by atoms with Gasteiger partial charge in [-0.1, -0.05) is 30.3 Å². The Labute approximate surface area is 133 Å². The molecule has 0 bridgehead atoms. The van der Waals surface area contributed by atoms with E-state index in [1.165, 1.54) is 21.4 Å². The normalized spacial score (nSPS) is 15.4. The highest BCUT2D eigenvalue weighted by Crippen LogP contribution is 2.41. The number of benzene rings is 1. The monoisotopic (exact) mass is 311 g/mol. The molecule has 1 aliphatic heterocycles. The van der Waals surface area contributed by atoms with Crippen LogP contribution >= 0.6 is 11.3 Å². The second kappa shape index (κ2) is 5.66. The zero-order valence-corrected chi connectivity index (χ0v) is 13.3. The van der Waals surface area contributed by atoms with Crippen LogP contribution in [-0.2, 0) is 4.74 Å². The van der Waals surface area contributed by atoms with E-state index in [4.69, 9.17) is 4.74 Å². The number of hydrogen-bond acceptors (Lipinski definition) is 5. The molecule has 0 saturated carbocycles. The fraction of sp³-hybridized carbons (Fsp3) is 0.294. The average molecular weight is 311 g/mol. The molecule has 0 N–H and O–H groups in total. The van der Waals surface area contributed by atoms with Crippen LogP contribution in [0.2, 0.25) is 0 Å². The maximum absolute atomic E-state index is 5.47. The van der Waals surface area contributed by atoms with Crippen LogP contribution in [0.5, 0.6) is 0 Å². The van der Waals surface area contributed by atoms with Crippen molar-refractivity contribution in [3.8, 4) is 11.1 Å². The molecule has 0 unspecified atom stereocenters. The molecule has 0 radical (unpaired) electrons. The largest absolute Gasteiger partial charge is 0.378 e. The molecule has 0 aliphatic carbocycles. The molecular formula is C17H17N3OS. The Hall–Kier alpha value is -1.98. The standard InChI is InChI=1S/C17H17N3OS/c1-12-14(13-5-3-2-4-6-13)15-16(18-11-19-17(15)22-12)20-7-9-21-10-8-20/h2-6,11H,7-10H2,1H3. The molecule has 112 valence electrons. The molecule has 4 rings (SSSR count). The van der Waals surface area contributed by atoms with Crippen LogP contribution in [0, 0.1) is 6.92 Å². The zero-order chi connectivity index (χ0) is 14.9. The van der Waals surface area contributed by atoms with Crippen molar-refractivity contribution in [2.75, 3.05) is 31.2 Å². The summed E-state index contributed by atoms with van der Waals surface area (Å²) >= 11 is 1.74. The molecule has 22 heavy (non-hydrogen) atoms. The highest BCUT2D eigenvalue weighted by Gasteiger charge is 2.21. The van der Waals surface area contributed by atoms with Gasteiger partial charge in [0.15, 0.2) is 0 Å². The maximum Gasteiger partial charge on any atom is 0.141 e. The van der Waals surface area contributed by atoms with Crippen molar-refractivity contribution < 1.29 is 4.74 Å². The van der Waals surface area contributed by atoms with Crippen LogP contribution in [0.3, 0.4) is 0 Å². The van der Waals surface area contributed by atoms with Gasteiger partial charge >= 0.3 is 0 Å². The van der Waals surface area contributed by atoms with Gasteiger partial charge in [-0.05, 0) is 12.5 Å². The van der Waals surface area contributed by atoms with Crippen molar-refractivity contribution in [1.29, 1.82) is 0 Å². The van der Waals surface area contributed by atoms with Crippen molar-refractivity contribution >= 4 is 27.4 Å². The van der Waals surface area contributed by atoms with E-state index < -0.39 is 0 Å². The van der Waals surface area contributed by atoms with E-state index in [1.807, 2.05) is 6.07 Å². The van der Waals surface area contributed by atoms with Crippen molar-refractivity contribution in [3.05, 3.63) is 41.5 Å². The van der Waals surface area contributed by atoms with Gasteiger partial charge in [-0.3, -0.25) is 0 Å². The molecular weight excluding hydrogens is 294 g/mol. The highest BCUT2D eigenvalue weighted by atomic mass is 32.1. The molecule has 1 aliphatic rings. The first-order chi connectivity index (χ1) is 10.8. The fourth-order valence-electron chi connectivity index (χ4n) is 3.00. The number of aryl methyl sites for hydroxylation is 1. The van der Waals surface area contributed by atoms with Crippen LogP contribution in [-0.4, -0.2) is 36.3 Å². The first-order valence-corrected chi connectivity index (χ1v) is 8.28. The van der Waals surface area contributed by atoms with Gasteiger partial charge in [0, 0.05) is 23.5 Å². The van der Waals surface area contributed by atoms with Crippen molar-refractivity contribution in [2.24, 2.45) is 0 Å². The lowest BCUT2D eigenvalue weighted by atomic mass is 10.0. The molecule has 2 aromatic heterocycles. The quantitative estimate of drug-likeness (QED) is 0.726. The second-order valence-corrected chi connectivity index (χ2v) is 6.58. The number of anilines is 1. The maximum atomic E-state index is 5.47. The average Bonchev–Trinajstić information content (AvgIpc) is 2.92. The lowest BCUT2D eigenvalue weighted by Crippen LogP contribution is -2.36. The minimum Gasteiger partial charge on any atom is -0.378 e. The van der Waals surface area contributed by atoms with Gasteiger partial charge < -0.3 is 9.64 Å². The predicted molar refractivity (Wildman–Crippen MR) is 90.6 cm³/mol. The van der Waals surface area contributed by atoms with Crippen molar-refractivity contribution in [1.82, 2.24) is 9.97 Å². The molecule has 1 aromatic carbocycles. The second-order valence-electron chi connectivity index (χ2n) is 5.38.